The predicted molar refractivity (Wildman–Crippen MR) is 95.1 cm³/mol. The van der Waals surface area contributed by atoms with Gasteiger partial charge in [-0.1, -0.05) is 25.6 Å². The summed E-state index contributed by atoms with van der Waals surface area (Å²) < 4.78 is 10.1. The molecule has 0 spiro atoms. The molecule has 0 unspecified atom stereocenters. The average molecular weight is 347 g/mol. The van der Waals surface area contributed by atoms with Crippen molar-refractivity contribution < 1.29 is 14.3 Å². The van der Waals surface area contributed by atoms with Gasteiger partial charge in [0.05, 0.1) is 6.61 Å². The summed E-state index contributed by atoms with van der Waals surface area (Å²) in [4.78, 5) is 20.2. The van der Waals surface area contributed by atoms with E-state index in [2.05, 4.69) is 15.3 Å². The van der Waals surface area contributed by atoms with Crippen LogP contribution in [0.15, 0.2) is 35.5 Å². The molecule has 1 N–H and O–H groups in total. The lowest BCUT2D eigenvalue weighted by Crippen LogP contribution is -2.14. The first kappa shape index (κ1) is 18.1. The first-order valence-corrected chi connectivity index (χ1v) is 8.80. The molecule has 6 nitrogen and oxygen atoms in total. The Kier molecular flexibility index (Phi) is 6.43. The molecular formula is C17H21N3O3S. The maximum atomic E-state index is 11.5. The SMILES string of the molecule is CSc1nc(C)cc(Nc2ccc(OC(=O)OCC(C)C)cc2)n1. The standard InChI is InChI=1S/C17H21N3O3S/c1-11(2)10-22-17(21)23-14-7-5-13(6-8-14)19-15-9-12(3)18-16(20-15)24-4/h5-9,11H,10H2,1-4H3,(H,18,19,20). The molecule has 0 radical (unpaired) electrons. The molecule has 0 fully saturated rings. The van der Waals surface area contributed by atoms with Crippen LogP contribution in [0.1, 0.15) is 19.5 Å². The second-order valence-corrected chi connectivity index (χ2v) is 6.36. The highest BCUT2D eigenvalue weighted by Gasteiger charge is 2.08. The molecule has 24 heavy (non-hydrogen) atoms. The molecule has 2 aromatic rings. The number of hydrogen-bond donors (Lipinski definition) is 1. The van der Waals surface area contributed by atoms with Crippen LogP contribution < -0.4 is 10.1 Å². The Morgan fingerprint density at radius 2 is 1.96 bits per heavy atom. The third-order valence-electron chi connectivity index (χ3n) is 2.88. The average Bonchev–Trinajstić information content (AvgIpc) is 2.54. The molecule has 7 heteroatoms. The number of aromatic nitrogens is 2. The molecule has 0 aliphatic rings. The van der Waals surface area contributed by atoms with Gasteiger partial charge < -0.3 is 14.8 Å². The fraction of sp³-hybridized carbons (Fsp3) is 0.353. The van der Waals surface area contributed by atoms with E-state index in [-0.39, 0.29) is 5.92 Å². The molecule has 1 aromatic heterocycles. The number of rotatable bonds is 6. The van der Waals surface area contributed by atoms with Crippen molar-refractivity contribution in [2.45, 2.75) is 25.9 Å². The van der Waals surface area contributed by atoms with E-state index in [1.807, 2.05) is 33.1 Å². The van der Waals surface area contributed by atoms with Crippen molar-refractivity contribution in [2.24, 2.45) is 5.92 Å². The number of nitrogens with zero attached hydrogens (tertiary/aromatic N) is 2. The molecular weight excluding hydrogens is 326 g/mol. The van der Waals surface area contributed by atoms with Gasteiger partial charge in [-0.25, -0.2) is 14.8 Å². The zero-order valence-corrected chi connectivity index (χ0v) is 15.0. The summed E-state index contributed by atoms with van der Waals surface area (Å²) in [5.74, 6) is 1.42. The summed E-state index contributed by atoms with van der Waals surface area (Å²) >= 11 is 1.49. The number of carbonyl (C=O) groups excluding carboxylic acids is 1. The molecule has 0 saturated heterocycles. The van der Waals surface area contributed by atoms with Crippen LogP contribution in [-0.4, -0.2) is 29.0 Å². The highest BCUT2D eigenvalue weighted by molar-refractivity contribution is 7.98. The molecule has 0 atom stereocenters. The molecule has 1 aromatic carbocycles. The van der Waals surface area contributed by atoms with E-state index >= 15 is 0 Å². The molecule has 0 amide bonds. The number of nitrogens with one attached hydrogen (secondary N) is 1. The van der Waals surface area contributed by atoms with E-state index < -0.39 is 6.16 Å². The van der Waals surface area contributed by atoms with Crippen LogP contribution in [0.3, 0.4) is 0 Å². The third-order valence-corrected chi connectivity index (χ3v) is 3.43. The number of anilines is 2. The van der Waals surface area contributed by atoms with Crippen LogP contribution in [0.4, 0.5) is 16.3 Å². The van der Waals surface area contributed by atoms with Crippen molar-refractivity contribution in [3.63, 3.8) is 0 Å². The van der Waals surface area contributed by atoms with Gasteiger partial charge >= 0.3 is 6.16 Å². The number of hydrogen-bond acceptors (Lipinski definition) is 7. The van der Waals surface area contributed by atoms with Crippen molar-refractivity contribution in [3.8, 4) is 5.75 Å². The van der Waals surface area contributed by atoms with Crippen molar-refractivity contribution >= 4 is 29.4 Å². The van der Waals surface area contributed by atoms with Gasteiger partial charge in [-0.2, -0.15) is 0 Å². The summed E-state index contributed by atoms with van der Waals surface area (Å²) in [6.45, 7) is 6.19. The zero-order chi connectivity index (χ0) is 17.5. The highest BCUT2D eigenvalue weighted by atomic mass is 32.2. The minimum atomic E-state index is -0.694. The van der Waals surface area contributed by atoms with Gasteiger partial charge in [-0.15, -0.1) is 0 Å². The van der Waals surface area contributed by atoms with Crippen molar-refractivity contribution in [2.75, 3.05) is 18.2 Å². The first-order valence-electron chi connectivity index (χ1n) is 7.57. The Balaban J connectivity index is 1.97. The lowest BCUT2D eigenvalue weighted by Gasteiger charge is -2.10. The summed E-state index contributed by atoms with van der Waals surface area (Å²) in [6.07, 6.45) is 1.24. The molecule has 2 rings (SSSR count). The van der Waals surface area contributed by atoms with E-state index in [0.29, 0.717) is 17.5 Å². The summed E-state index contributed by atoms with van der Waals surface area (Å²) in [6, 6.07) is 8.88. The van der Waals surface area contributed by atoms with Crippen molar-refractivity contribution in [1.29, 1.82) is 0 Å². The molecule has 0 aliphatic heterocycles. The van der Waals surface area contributed by atoms with E-state index in [9.17, 15) is 4.79 Å². The van der Waals surface area contributed by atoms with Crippen LogP contribution in [-0.2, 0) is 4.74 Å². The minimum Gasteiger partial charge on any atom is -0.434 e. The van der Waals surface area contributed by atoms with E-state index in [1.54, 1.807) is 24.3 Å². The molecule has 0 saturated carbocycles. The van der Waals surface area contributed by atoms with Crippen molar-refractivity contribution in [1.82, 2.24) is 9.97 Å². The van der Waals surface area contributed by atoms with Gasteiger partial charge in [-0.3, -0.25) is 0 Å². The summed E-state index contributed by atoms with van der Waals surface area (Å²) in [7, 11) is 0. The van der Waals surface area contributed by atoms with Crippen molar-refractivity contribution in [3.05, 3.63) is 36.0 Å². The molecule has 0 aliphatic carbocycles. The molecule has 1 heterocycles. The molecule has 128 valence electrons. The summed E-state index contributed by atoms with van der Waals surface area (Å²) in [5.41, 5.74) is 1.73. The number of benzene rings is 1. The van der Waals surface area contributed by atoms with E-state index in [1.165, 1.54) is 11.8 Å². The summed E-state index contributed by atoms with van der Waals surface area (Å²) in [5, 5.41) is 3.92. The zero-order valence-electron chi connectivity index (χ0n) is 14.2. The normalized spacial score (nSPS) is 10.5. The van der Waals surface area contributed by atoms with E-state index in [0.717, 1.165) is 17.2 Å². The number of carbonyl (C=O) groups is 1. The predicted octanol–water partition coefficient (Wildman–Crippen LogP) is 4.42. The van der Waals surface area contributed by atoms with Gasteiger partial charge in [0.25, 0.3) is 0 Å². The van der Waals surface area contributed by atoms with E-state index in [4.69, 9.17) is 9.47 Å². The minimum absolute atomic E-state index is 0.270. The van der Waals surface area contributed by atoms with Crippen LogP contribution >= 0.6 is 11.8 Å². The van der Waals surface area contributed by atoms with Gasteiger partial charge in [0.15, 0.2) is 5.16 Å². The highest BCUT2D eigenvalue weighted by Crippen LogP contribution is 2.21. The Hall–Kier alpha value is -2.28. The third kappa shape index (κ3) is 5.73. The van der Waals surface area contributed by atoms with Gasteiger partial charge in [0, 0.05) is 17.4 Å². The number of aryl methyl sites for hydroxylation is 1. The fourth-order valence-corrected chi connectivity index (χ4v) is 2.24. The lowest BCUT2D eigenvalue weighted by atomic mass is 10.2. The maximum Gasteiger partial charge on any atom is 0.513 e. The fourth-order valence-electron chi connectivity index (χ4n) is 1.81. The van der Waals surface area contributed by atoms with Crippen LogP contribution in [0.25, 0.3) is 0 Å². The Morgan fingerprint density at radius 1 is 1.25 bits per heavy atom. The smallest absolute Gasteiger partial charge is 0.434 e. The lowest BCUT2D eigenvalue weighted by molar-refractivity contribution is 0.0886. The first-order chi connectivity index (χ1) is 11.5. The maximum absolute atomic E-state index is 11.5. The van der Waals surface area contributed by atoms with Gasteiger partial charge in [0.1, 0.15) is 11.6 Å². The Labute approximate surface area is 146 Å². The monoisotopic (exact) mass is 347 g/mol. The van der Waals surface area contributed by atoms with Gasteiger partial charge in [0.2, 0.25) is 0 Å². The topological polar surface area (TPSA) is 73.3 Å². The van der Waals surface area contributed by atoms with Crippen LogP contribution in [0, 0.1) is 12.8 Å². The van der Waals surface area contributed by atoms with Crippen LogP contribution in [0.5, 0.6) is 5.75 Å². The largest absolute Gasteiger partial charge is 0.513 e. The van der Waals surface area contributed by atoms with Gasteiger partial charge in [-0.05, 0) is 43.4 Å². The second kappa shape index (κ2) is 8.54. The Bertz CT molecular complexity index is 690. The quantitative estimate of drug-likeness (QED) is 0.359. The number of ether oxygens (including phenoxy) is 2. The Morgan fingerprint density at radius 3 is 2.58 bits per heavy atom. The second-order valence-electron chi connectivity index (χ2n) is 5.59. The molecule has 0 bridgehead atoms. The number of thioether (sulfide) groups is 1. The van der Waals surface area contributed by atoms with Crippen LogP contribution in [0.2, 0.25) is 0 Å².